The topological polar surface area (TPSA) is 38.3 Å². The lowest BCUT2D eigenvalue weighted by Crippen LogP contribution is -2.29. The number of hydrogen-bond acceptors (Lipinski definition) is 2. The second kappa shape index (κ2) is 7.09. The van der Waals surface area contributed by atoms with E-state index in [0.717, 1.165) is 17.7 Å². The Bertz CT molecular complexity index is 484. The Morgan fingerprint density at radius 3 is 2.60 bits per heavy atom. The molecule has 1 rings (SSSR count). The monoisotopic (exact) mass is 287 g/mol. The molecule has 1 N–H and O–H groups in total. The van der Waals surface area contributed by atoms with Gasteiger partial charge in [-0.05, 0) is 19.1 Å². The summed E-state index contributed by atoms with van der Waals surface area (Å²) in [4.78, 5) is 11.7. The van der Waals surface area contributed by atoms with Crippen LogP contribution in [-0.2, 0) is 10.9 Å². The van der Waals surface area contributed by atoms with Gasteiger partial charge in [0.05, 0.1) is 24.3 Å². The average molecular weight is 287 g/mol. The van der Waals surface area contributed by atoms with Gasteiger partial charge in [0.1, 0.15) is 0 Å². The molecule has 3 nitrogen and oxygen atoms in total. The van der Waals surface area contributed by atoms with Gasteiger partial charge in [-0.1, -0.05) is 24.3 Å². The van der Waals surface area contributed by atoms with Crippen LogP contribution in [0.1, 0.15) is 22.8 Å². The highest BCUT2D eigenvalue weighted by atomic mass is 19.4. The fourth-order valence-electron chi connectivity index (χ4n) is 1.51. The van der Waals surface area contributed by atoms with E-state index >= 15 is 0 Å². The molecule has 1 aromatic rings. The summed E-state index contributed by atoms with van der Waals surface area (Å²) in [7, 11) is 0. The van der Waals surface area contributed by atoms with Crippen LogP contribution in [0.3, 0.4) is 0 Å². The van der Waals surface area contributed by atoms with Gasteiger partial charge in [0.2, 0.25) is 0 Å². The molecule has 0 aliphatic rings. The van der Waals surface area contributed by atoms with E-state index in [1.165, 1.54) is 12.1 Å². The Morgan fingerprint density at radius 1 is 1.35 bits per heavy atom. The smallest absolute Gasteiger partial charge is 0.375 e. The lowest BCUT2D eigenvalue weighted by atomic mass is 10.1. The van der Waals surface area contributed by atoms with Crippen molar-refractivity contribution in [3.05, 3.63) is 47.5 Å². The van der Waals surface area contributed by atoms with Crippen LogP contribution in [-0.4, -0.2) is 25.7 Å². The zero-order valence-electron chi connectivity index (χ0n) is 11.1. The second-order valence-electron chi connectivity index (χ2n) is 4.31. The molecule has 0 atom stereocenters. The number of carbonyl (C=O) groups is 1. The summed E-state index contributed by atoms with van der Waals surface area (Å²) in [5, 5.41) is 2.39. The van der Waals surface area contributed by atoms with Crippen molar-refractivity contribution in [2.24, 2.45) is 0 Å². The van der Waals surface area contributed by atoms with Gasteiger partial charge >= 0.3 is 6.18 Å². The summed E-state index contributed by atoms with van der Waals surface area (Å²) in [5.74, 6) is -0.767. The number of benzene rings is 1. The van der Waals surface area contributed by atoms with E-state index in [1.807, 2.05) is 0 Å². The van der Waals surface area contributed by atoms with Crippen LogP contribution in [0.4, 0.5) is 13.2 Å². The van der Waals surface area contributed by atoms with E-state index < -0.39 is 17.6 Å². The number of ether oxygens (including phenoxy) is 1. The number of alkyl halides is 3. The van der Waals surface area contributed by atoms with E-state index in [4.69, 9.17) is 4.74 Å². The number of halogens is 3. The Labute approximate surface area is 115 Å². The van der Waals surface area contributed by atoms with Gasteiger partial charge < -0.3 is 10.1 Å². The fraction of sp³-hybridized carbons (Fsp3) is 0.357. The van der Waals surface area contributed by atoms with E-state index in [9.17, 15) is 18.0 Å². The molecule has 20 heavy (non-hydrogen) atoms. The molecule has 0 radical (unpaired) electrons. The summed E-state index contributed by atoms with van der Waals surface area (Å²) in [5.41, 5.74) is -0.501. The van der Waals surface area contributed by atoms with E-state index in [2.05, 4.69) is 11.9 Å². The molecular formula is C14H16F3NO2. The quantitative estimate of drug-likeness (QED) is 0.645. The standard InChI is InChI=1S/C14H16F3NO2/c1-10(2)9-20-8-7-18-13(19)11-5-3-4-6-12(11)14(15,16)17/h3-6H,1,7-9H2,2H3,(H,18,19). The van der Waals surface area contributed by atoms with Crippen molar-refractivity contribution in [3.63, 3.8) is 0 Å². The van der Waals surface area contributed by atoms with Gasteiger partial charge in [-0.2, -0.15) is 13.2 Å². The molecule has 1 aromatic carbocycles. The van der Waals surface area contributed by atoms with Crippen molar-refractivity contribution < 1.29 is 22.7 Å². The molecule has 0 heterocycles. The van der Waals surface area contributed by atoms with Crippen LogP contribution in [0.25, 0.3) is 0 Å². The molecule has 0 aromatic heterocycles. The van der Waals surface area contributed by atoms with Gasteiger partial charge in [-0.25, -0.2) is 0 Å². The number of carbonyl (C=O) groups excluding carboxylic acids is 1. The first-order valence-corrected chi connectivity index (χ1v) is 5.99. The third-order valence-electron chi connectivity index (χ3n) is 2.36. The lowest BCUT2D eigenvalue weighted by Gasteiger charge is -2.12. The number of amides is 1. The van der Waals surface area contributed by atoms with Crippen molar-refractivity contribution in [3.8, 4) is 0 Å². The number of hydrogen-bond donors (Lipinski definition) is 1. The first-order chi connectivity index (χ1) is 9.32. The molecule has 1 amide bonds. The highest BCUT2D eigenvalue weighted by Crippen LogP contribution is 2.31. The molecule has 0 unspecified atom stereocenters. The van der Waals surface area contributed by atoms with Crippen LogP contribution in [0, 0.1) is 0 Å². The summed E-state index contributed by atoms with van der Waals surface area (Å²) in [6, 6.07) is 4.66. The van der Waals surface area contributed by atoms with Crippen molar-refractivity contribution in [1.29, 1.82) is 0 Å². The molecular weight excluding hydrogens is 271 g/mol. The fourth-order valence-corrected chi connectivity index (χ4v) is 1.51. The normalized spacial score (nSPS) is 11.2. The minimum Gasteiger partial charge on any atom is -0.375 e. The predicted molar refractivity (Wildman–Crippen MR) is 69.4 cm³/mol. The minimum absolute atomic E-state index is 0.137. The minimum atomic E-state index is -4.55. The first kappa shape index (κ1) is 16.2. The Morgan fingerprint density at radius 2 is 2.00 bits per heavy atom. The van der Waals surface area contributed by atoms with Gasteiger partial charge in [-0.3, -0.25) is 4.79 Å². The van der Waals surface area contributed by atoms with Gasteiger partial charge in [0.25, 0.3) is 5.91 Å². The van der Waals surface area contributed by atoms with Gasteiger partial charge in [0, 0.05) is 6.54 Å². The van der Waals surface area contributed by atoms with E-state index in [1.54, 1.807) is 6.92 Å². The molecule has 0 aliphatic carbocycles. The Balaban J connectivity index is 2.58. The maximum atomic E-state index is 12.7. The molecule has 0 bridgehead atoms. The number of nitrogens with one attached hydrogen (secondary N) is 1. The van der Waals surface area contributed by atoms with Crippen molar-refractivity contribution in [2.75, 3.05) is 19.8 Å². The van der Waals surface area contributed by atoms with Crippen LogP contribution in [0.2, 0.25) is 0 Å². The largest absolute Gasteiger partial charge is 0.417 e. The van der Waals surface area contributed by atoms with Crippen LogP contribution >= 0.6 is 0 Å². The summed E-state index contributed by atoms with van der Waals surface area (Å²) >= 11 is 0. The van der Waals surface area contributed by atoms with Gasteiger partial charge in [-0.15, -0.1) is 0 Å². The maximum absolute atomic E-state index is 12.7. The number of rotatable bonds is 6. The average Bonchev–Trinajstić information content (AvgIpc) is 2.36. The zero-order valence-corrected chi connectivity index (χ0v) is 11.1. The highest BCUT2D eigenvalue weighted by molar-refractivity contribution is 5.95. The molecule has 0 saturated heterocycles. The molecule has 0 aliphatic heterocycles. The molecule has 0 spiro atoms. The van der Waals surface area contributed by atoms with E-state index in [0.29, 0.717) is 6.61 Å². The zero-order chi connectivity index (χ0) is 15.2. The molecule has 0 saturated carbocycles. The van der Waals surface area contributed by atoms with Crippen LogP contribution < -0.4 is 5.32 Å². The Hall–Kier alpha value is -1.82. The second-order valence-corrected chi connectivity index (χ2v) is 4.31. The van der Waals surface area contributed by atoms with E-state index in [-0.39, 0.29) is 18.7 Å². The van der Waals surface area contributed by atoms with Crippen molar-refractivity contribution >= 4 is 5.91 Å². The molecule has 110 valence electrons. The van der Waals surface area contributed by atoms with Crippen molar-refractivity contribution in [1.82, 2.24) is 5.32 Å². The predicted octanol–water partition coefficient (Wildman–Crippen LogP) is 3.03. The van der Waals surface area contributed by atoms with Gasteiger partial charge in [0.15, 0.2) is 0 Å². The summed E-state index contributed by atoms with van der Waals surface area (Å²) in [6.45, 7) is 6.14. The molecule has 6 heteroatoms. The first-order valence-electron chi connectivity index (χ1n) is 5.99. The van der Waals surface area contributed by atoms with Crippen LogP contribution in [0.5, 0.6) is 0 Å². The third-order valence-corrected chi connectivity index (χ3v) is 2.36. The summed E-state index contributed by atoms with van der Waals surface area (Å²) < 4.78 is 43.3. The maximum Gasteiger partial charge on any atom is 0.417 e. The third kappa shape index (κ3) is 5.05. The Kier molecular flexibility index (Phi) is 5.76. The lowest BCUT2D eigenvalue weighted by molar-refractivity contribution is -0.137. The highest BCUT2D eigenvalue weighted by Gasteiger charge is 2.34. The molecule has 0 fully saturated rings. The van der Waals surface area contributed by atoms with Crippen molar-refractivity contribution in [2.45, 2.75) is 13.1 Å². The summed E-state index contributed by atoms with van der Waals surface area (Å²) in [6.07, 6.45) is -4.55. The SMILES string of the molecule is C=C(C)COCCNC(=O)c1ccccc1C(F)(F)F. The van der Waals surface area contributed by atoms with Crippen LogP contribution in [0.15, 0.2) is 36.4 Å².